The van der Waals surface area contributed by atoms with Crippen LogP contribution >= 0.6 is 0 Å². The molecule has 1 aromatic rings. The van der Waals surface area contributed by atoms with Crippen molar-refractivity contribution in [3.05, 3.63) is 28.8 Å². The number of benzene rings is 1. The summed E-state index contributed by atoms with van der Waals surface area (Å²) >= 11 is 0. The minimum atomic E-state index is 0.650. The van der Waals surface area contributed by atoms with E-state index < -0.39 is 0 Å². The SMILES string of the molecule is CCCNCC1CCCCC1c1ccc(C)c(C)c1OC. The van der Waals surface area contributed by atoms with Crippen molar-refractivity contribution >= 4 is 0 Å². The molecule has 0 heterocycles. The number of methoxy groups -OCH3 is 1. The van der Waals surface area contributed by atoms with E-state index in [-0.39, 0.29) is 0 Å². The van der Waals surface area contributed by atoms with Crippen LogP contribution < -0.4 is 10.1 Å². The number of hydrogen-bond donors (Lipinski definition) is 1. The van der Waals surface area contributed by atoms with Gasteiger partial charge in [0.25, 0.3) is 0 Å². The van der Waals surface area contributed by atoms with Gasteiger partial charge in [-0.2, -0.15) is 0 Å². The van der Waals surface area contributed by atoms with Gasteiger partial charge in [0.15, 0.2) is 0 Å². The van der Waals surface area contributed by atoms with Gasteiger partial charge in [-0.25, -0.2) is 0 Å². The van der Waals surface area contributed by atoms with Crippen molar-refractivity contribution in [3.8, 4) is 5.75 Å². The summed E-state index contributed by atoms with van der Waals surface area (Å²) in [7, 11) is 1.82. The highest BCUT2D eigenvalue weighted by Crippen LogP contribution is 2.42. The van der Waals surface area contributed by atoms with E-state index in [4.69, 9.17) is 4.74 Å². The van der Waals surface area contributed by atoms with Crippen LogP contribution in [0.25, 0.3) is 0 Å². The monoisotopic (exact) mass is 289 g/mol. The van der Waals surface area contributed by atoms with E-state index in [1.165, 1.54) is 48.8 Å². The van der Waals surface area contributed by atoms with Crippen LogP contribution in [0.5, 0.6) is 5.75 Å². The molecule has 2 unspecified atom stereocenters. The Labute approximate surface area is 130 Å². The average molecular weight is 289 g/mol. The van der Waals surface area contributed by atoms with E-state index in [2.05, 4.69) is 38.2 Å². The van der Waals surface area contributed by atoms with Gasteiger partial charge >= 0.3 is 0 Å². The zero-order valence-corrected chi connectivity index (χ0v) is 14.2. The minimum Gasteiger partial charge on any atom is -0.496 e. The van der Waals surface area contributed by atoms with E-state index >= 15 is 0 Å². The maximum absolute atomic E-state index is 5.76. The van der Waals surface area contributed by atoms with Crippen LogP contribution in [0.1, 0.15) is 61.6 Å². The first-order chi connectivity index (χ1) is 10.2. The second-order valence-electron chi connectivity index (χ2n) is 6.49. The van der Waals surface area contributed by atoms with Gasteiger partial charge in [-0.05, 0) is 74.7 Å². The summed E-state index contributed by atoms with van der Waals surface area (Å²) < 4.78 is 5.76. The Morgan fingerprint density at radius 3 is 2.67 bits per heavy atom. The maximum atomic E-state index is 5.76. The smallest absolute Gasteiger partial charge is 0.125 e. The minimum absolute atomic E-state index is 0.650. The highest BCUT2D eigenvalue weighted by atomic mass is 16.5. The van der Waals surface area contributed by atoms with Crippen molar-refractivity contribution < 1.29 is 4.74 Å². The molecule has 0 aromatic heterocycles. The van der Waals surface area contributed by atoms with E-state index in [9.17, 15) is 0 Å². The molecule has 2 atom stereocenters. The Balaban J connectivity index is 2.22. The predicted molar refractivity (Wildman–Crippen MR) is 90.3 cm³/mol. The lowest BCUT2D eigenvalue weighted by Crippen LogP contribution is -2.30. The molecule has 0 amide bonds. The molecule has 2 nitrogen and oxygen atoms in total. The average Bonchev–Trinajstić information content (AvgIpc) is 2.51. The molecule has 0 aliphatic heterocycles. The van der Waals surface area contributed by atoms with Crippen LogP contribution in [0.4, 0.5) is 0 Å². The Kier molecular flexibility index (Phi) is 6.10. The van der Waals surface area contributed by atoms with Crippen LogP contribution in [-0.2, 0) is 0 Å². The van der Waals surface area contributed by atoms with Crippen molar-refractivity contribution in [3.63, 3.8) is 0 Å². The van der Waals surface area contributed by atoms with Gasteiger partial charge in [0, 0.05) is 0 Å². The molecule has 118 valence electrons. The fraction of sp³-hybridized carbons (Fsp3) is 0.684. The van der Waals surface area contributed by atoms with Gasteiger partial charge in [-0.3, -0.25) is 0 Å². The summed E-state index contributed by atoms with van der Waals surface area (Å²) in [5.74, 6) is 2.53. The molecule has 1 aliphatic carbocycles. The lowest BCUT2D eigenvalue weighted by molar-refractivity contribution is 0.287. The molecule has 1 aromatic carbocycles. The van der Waals surface area contributed by atoms with Crippen LogP contribution in [0.15, 0.2) is 12.1 Å². The molecule has 0 saturated heterocycles. The van der Waals surface area contributed by atoms with Crippen LogP contribution in [0, 0.1) is 19.8 Å². The van der Waals surface area contributed by atoms with Crippen molar-refractivity contribution in [2.75, 3.05) is 20.2 Å². The number of rotatable bonds is 6. The molecule has 1 N–H and O–H groups in total. The van der Waals surface area contributed by atoms with Gasteiger partial charge < -0.3 is 10.1 Å². The third kappa shape index (κ3) is 3.79. The second kappa shape index (κ2) is 7.84. The Morgan fingerprint density at radius 2 is 1.95 bits per heavy atom. The topological polar surface area (TPSA) is 21.3 Å². The van der Waals surface area contributed by atoms with E-state index in [1.807, 2.05) is 7.11 Å². The van der Waals surface area contributed by atoms with Crippen LogP contribution in [0.2, 0.25) is 0 Å². The first kappa shape index (κ1) is 16.4. The zero-order chi connectivity index (χ0) is 15.2. The fourth-order valence-electron chi connectivity index (χ4n) is 3.70. The molecule has 0 spiro atoms. The van der Waals surface area contributed by atoms with Gasteiger partial charge in [0.1, 0.15) is 5.75 Å². The number of nitrogens with one attached hydrogen (secondary N) is 1. The molecule has 0 radical (unpaired) electrons. The normalized spacial score (nSPS) is 22.3. The molecule has 2 heteroatoms. The van der Waals surface area contributed by atoms with Crippen LogP contribution in [-0.4, -0.2) is 20.2 Å². The third-order valence-corrected chi connectivity index (χ3v) is 5.05. The molecular formula is C19H31NO. The summed E-state index contributed by atoms with van der Waals surface area (Å²) in [4.78, 5) is 0. The van der Waals surface area contributed by atoms with Gasteiger partial charge in [-0.1, -0.05) is 31.9 Å². The van der Waals surface area contributed by atoms with Crippen molar-refractivity contribution in [1.82, 2.24) is 5.32 Å². The number of hydrogen-bond acceptors (Lipinski definition) is 2. The van der Waals surface area contributed by atoms with Crippen molar-refractivity contribution in [1.29, 1.82) is 0 Å². The van der Waals surface area contributed by atoms with Crippen LogP contribution in [0.3, 0.4) is 0 Å². The molecule has 1 saturated carbocycles. The van der Waals surface area contributed by atoms with Gasteiger partial charge in [-0.15, -0.1) is 0 Å². The molecule has 1 fully saturated rings. The number of ether oxygens (including phenoxy) is 1. The van der Waals surface area contributed by atoms with E-state index in [1.54, 1.807) is 0 Å². The Hall–Kier alpha value is -1.02. The summed E-state index contributed by atoms with van der Waals surface area (Å²) in [5, 5.41) is 3.63. The fourth-order valence-corrected chi connectivity index (χ4v) is 3.70. The Morgan fingerprint density at radius 1 is 1.19 bits per heavy atom. The molecule has 2 rings (SSSR count). The van der Waals surface area contributed by atoms with E-state index in [0.717, 1.165) is 24.8 Å². The maximum Gasteiger partial charge on any atom is 0.125 e. The highest BCUT2D eigenvalue weighted by Gasteiger charge is 2.29. The standard InChI is InChI=1S/C19H31NO/c1-5-12-20-13-16-8-6-7-9-17(16)18-11-10-14(2)15(3)19(18)21-4/h10-11,16-17,20H,5-9,12-13H2,1-4H3. The van der Waals surface area contributed by atoms with E-state index in [0.29, 0.717) is 5.92 Å². The van der Waals surface area contributed by atoms with Gasteiger partial charge in [0.2, 0.25) is 0 Å². The first-order valence-electron chi connectivity index (χ1n) is 8.53. The Bertz CT molecular complexity index is 455. The summed E-state index contributed by atoms with van der Waals surface area (Å²) in [6, 6.07) is 4.57. The van der Waals surface area contributed by atoms with Gasteiger partial charge in [0.05, 0.1) is 7.11 Å². The summed E-state index contributed by atoms with van der Waals surface area (Å²) in [6.07, 6.45) is 6.59. The first-order valence-corrected chi connectivity index (χ1v) is 8.53. The van der Waals surface area contributed by atoms with Crippen molar-refractivity contribution in [2.45, 2.75) is 58.8 Å². The zero-order valence-electron chi connectivity index (χ0n) is 14.2. The molecular weight excluding hydrogens is 258 g/mol. The quantitative estimate of drug-likeness (QED) is 0.774. The molecule has 0 bridgehead atoms. The molecule has 21 heavy (non-hydrogen) atoms. The van der Waals surface area contributed by atoms with Crippen molar-refractivity contribution in [2.24, 2.45) is 5.92 Å². The summed E-state index contributed by atoms with van der Waals surface area (Å²) in [5.41, 5.74) is 4.07. The number of aryl methyl sites for hydroxylation is 1. The second-order valence-corrected chi connectivity index (χ2v) is 6.49. The third-order valence-electron chi connectivity index (χ3n) is 5.05. The molecule has 1 aliphatic rings. The lowest BCUT2D eigenvalue weighted by Gasteiger charge is -2.33. The highest BCUT2D eigenvalue weighted by molar-refractivity contribution is 5.47. The predicted octanol–water partition coefficient (Wildman–Crippen LogP) is 4.59. The summed E-state index contributed by atoms with van der Waals surface area (Å²) in [6.45, 7) is 8.87. The largest absolute Gasteiger partial charge is 0.496 e. The lowest BCUT2D eigenvalue weighted by atomic mass is 9.74.